The van der Waals surface area contributed by atoms with Gasteiger partial charge in [-0.15, -0.1) is 0 Å². The first-order valence-electron chi connectivity index (χ1n) is 13.8. The molecule has 0 fully saturated rings. The second kappa shape index (κ2) is 15.9. The zero-order valence-electron chi connectivity index (χ0n) is 26.1. The van der Waals surface area contributed by atoms with Gasteiger partial charge in [-0.3, -0.25) is 9.59 Å². The van der Waals surface area contributed by atoms with Gasteiger partial charge in [-0.25, -0.2) is 0 Å². The third-order valence-corrected chi connectivity index (χ3v) is 7.63. The fraction of sp³-hybridized carbons (Fsp3) is 0.913. The van der Waals surface area contributed by atoms with Crippen LogP contribution in [0.2, 0.25) is 0 Å². The Labute approximate surface area is 305 Å². The van der Waals surface area contributed by atoms with E-state index in [4.69, 9.17) is 0 Å². The van der Waals surface area contributed by atoms with E-state index in [-0.39, 0.29) is 0 Å². The molecule has 0 saturated carbocycles. The summed E-state index contributed by atoms with van der Waals surface area (Å²) in [6.07, 6.45) is -3.19. The highest BCUT2D eigenvalue weighted by Crippen LogP contribution is 2.64. The molecule has 2 amide bonds. The van der Waals surface area contributed by atoms with Crippen molar-refractivity contribution in [3.63, 3.8) is 0 Å². The molecular weight excluding hydrogens is 939 g/mol. The number of unbranched alkanes of at least 4 members (excludes halogenated alkanes) is 4. The maximum absolute atomic E-state index is 13.9. The summed E-state index contributed by atoms with van der Waals surface area (Å²) in [4.78, 5) is 22.8. The van der Waals surface area contributed by atoms with Crippen molar-refractivity contribution in [2.24, 2.45) is 0 Å². The number of carbonyl (C=O) groups excluding carboxylic acids is 2. The van der Waals surface area contributed by atoms with Gasteiger partial charge in [-0.05, 0) is 36.0 Å². The van der Waals surface area contributed by atoms with Gasteiger partial charge in [0.1, 0.15) is 0 Å². The lowest BCUT2D eigenvalue weighted by molar-refractivity contribution is -0.431. The monoisotopic (exact) mass is 954 g/mol. The van der Waals surface area contributed by atoms with Crippen molar-refractivity contribution in [1.82, 2.24) is 10.6 Å². The Bertz CT molecular complexity index is 1320. The number of alkyl halides is 30. The molecular formula is C23H16Cl2F28N2O2. The van der Waals surface area contributed by atoms with Crippen LogP contribution in [0.1, 0.15) is 32.1 Å². The molecule has 0 aliphatic heterocycles. The van der Waals surface area contributed by atoms with Crippen molar-refractivity contribution in [2.75, 3.05) is 13.1 Å². The second-order valence-corrected chi connectivity index (χ2v) is 12.1. The zero-order chi connectivity index (χ0) is 46.5. The summed E-state index contributed by atoms with van der Waals surface area (Å²) in [6.45, 7) is -2.80. The van der Waals surface area contributed by atoms with E-state index < -0.39 is 139 Å². The van der Waals surface area contributed by atoms with Crippen LogP contribution in [-0.2, 0) is 9.59 Å². The topological polar surface area (TPSA) is 58.2 Å². The van der Waals surface area contributed by atoms with Crippen molar-refractivity contribution >= 4 is 35.0 Å². The van der Waals surface area contributed by atoms with Crippen molar-refractivity contribution < 1.29 is 133 Å². The third kappa shape index (κ3) is 8.48. The number of carbonyl (C=O) groups is 2. The minimum atomic E-state index is -8.52. The average molecular weight is 955 g/mol. The smallest absolute Gasteiger partial charge is 0.351 e. The highest BCUT2D eigenvalue weighted by Gasteiger charge is 2.95. The molecule has 4 nitrogen and oxygen atoms in total. The summed E-state index contributed by atoms with van der Waals surface area (Å²) in [7, 11) is 0. The molecule has 57 heavy (non-hydrogen) atoms. The maximum Gasteiger partial charge on any atom is 0.393 e. The molecule has 340 valence electrons. The van der Waals surface area contributed by atoms with Crippen LogP contribution in [0, 0.1) is 0 Å². The van der Waals surface area contributed by atoms with E-state index in [9.17, 15) is 133 Å². The van der Waals surface area contributed by atoms with Crippen LogP contribution >= 0.6 is 23.2 Å². The molecule has 0 atom stereocenters. The summed E-state index contributed by atoms with van der Waals surface area (Å²) in [5.41, 5.74) is 0. The number of hydrogen-bond acceptors (Lipinski definition) is 2. The van der Waals surface area contributed by atoms with Crippen molar-refractivity contribution in [2.45, 2.75) is 114 Å². The van der Waals surface area contributed by atoms with E-state index in [1.165, 1.54) is 0 Å². The molecule has 0 heterocycles. The van der Waals surface area contributed by atoms with Gasteiger partial charge >= 0.3 is 81.8 Å². The lowest BCUT2D eigenvalue weighted by atomic mass is 9.91. The number of amides is 2. The van der Waals surface area contributed by atoms with Crippen LogP contribution in [0.5, 0.6) is 0 Å². The molecule has 0 spiro atoms. The van der Waals surface area contributed by atoms with Gasteiger partial charge in [-0.1, -0.05) is 19.3 Å². The molecule has 0 radical (unpaired) electrons. The first-order chi connectivity index (χ1) is 24.5. The number of halogens is 30. The van der Waals surface area contributed by atoms with E-state index in [0.29, 0.717) is 10.6 Å². The fourth-order valence-corrected chi connectivity index (χ4v) is 3.86. The molecule has 34 heteroatoms. The van der Waals surface area contributed by atoms with Crippen molar-refractivity contribution in [1.29, 1.82) is 0 Å². The Morgan fingerprint density at radius 1 is 0.298 bits per heavy atom. The van der Waals surface area contributed by atoms with Crippen LogP contribution in [0.25, 0.3) is 0 Å². The minimum Gasteiger partial charge on any atom is -0.351 e. The van der Waals surface area contributed by atoms with E-state index in [0.717, 1.165) is 0 Å². The molecule has 0 bridgehead atoms. The van der Waals surface area contributed by atoms with Crippen LogP contribution in [-0.4, -0.2) is 107 Å². The van der Waals surface area contributed by atoms with Crippen LogP contribution < -0.4 is 10.6 Å². The minimum absolute atomic E-state index is 0.470. The number of hydrogen-bond donors (Lipinski definition) is 2. The van der Waals surface area contributed by atoms with E-state index in [1.807, 2.05) is 0 Å². The average Bonchev–Trinajstić information content (AvgIpc) is 3.01. The Hall–Kier alpha value is -2.44. The first-order valence-corrected chi connectivity index (χ1v) is 14.5. The molecule has 0 unspecified atom stereocenters. The Morgan fingerprint density at radius 2 is 0.474 bits per heavy atom. The quantitative estimate of drug-likeness (QED) is 0.0645. The van der Waals surface area contributed by atoms with E-state index >= 15 is 0 Å². The summed E-state index contributed by atoms with van der Waals surface area (Å²) >= 11 is 6.86. The first kappa shape index (κ1) is 54.6. The van der Waals surface area contributed by atoms with Crippen LogP contribution in [0.4, 0.5) is 123 Å². The Morgan fingerprint density at radius 3 is 0.684 bits per heavy atom. The summed E-state index contributed by atoms with van der Waals surface area (Å²) < 4.78 is 376. The highest BCUT2D eigenvalue weighted by molar-refractivity contribution is 6.22. The van der Waals surface area contributed by atoms with Gasteiger partial charge in [0.25, 0.3) is 11.8 Å². The molecule has 0 aromatic heterocycles. The van der Waals surface area contributed by atoms with Gasteiger partial charge in [0.05, 0.1) is 0 Å². The van der Waals surface area contributed by atoms with Gasteiger partial charge in [-0.2, -0.15) is 123 Å². The van der Waals surface area contributed by atoms with E-state index in [2.05, 4.69) is 23.2 Å². The van der Waals surface area contributed by atoms with Crippen molar-refractivity contribution in [3.8, 4) is 0 Å². The predicted molar refractivity (Wildman–Crippen MR) is 130 cm³/mol. The molecule has 0 rings (SSSR count). The van der Waals surface area contributed by atoms with Crippen LogP contribution in [0.3, 0.4) is 0 Å². The lowest BCUT2D eigenvalue weighted by Gasteiger charge is -2.41. The highest BCUT2D eigenvalue weighted by atomic mass is 35.5. The van der Waals surface area contributed by atoms with E-state index in [1.54, 1.807) is 0 Å². The van der Waals surface area contributed by atoms with Gasteiger partial charge in [0.15, 0.2) is 0 Å². The number of nitrogens with one attached hydrogen (secondary N) is 2. The maximum atomic E-state index is 13.9. The third-order valence-electron chi connectivity index (χ3n) is 7.15. The summed E-state index contributed by atoms with van der Waals surface area (Å²) in [6, 6.07) is 0. The molecule has 2 N–H and O–H groups in total. The van der Waals surface area contributed by atoms with Gasteiger partial charge in [0, 0.05) is 13.1 Å². The molecule has 0 aliphatic rings. The summed E-state index contributed by atoms with van der Waals surface area (Å²) in [5.74, 6) is -104. The normalized spacial score (nSPS) is 15.8. The zero-order valence-corrected chi connectivity index (χ0v) is 27.6. The molecule has 0 saturated heterocycles. The van der Waals surface area contributed by atoms with Crippen molar-refractivity contribution in [3.05, 3.63) is 0 Å². The number of rotatable bonds is 22. The molecule has 0 aromatic carbocycles. The predicted octanol–water partition coefficient (Wildman–Crippen LogP) is 10.5. The standard InChI is InChI=1S/C23H16Cl2F28N2O2/c24-22(50,51)20(46,47)18(42,43)16(38,39)14(34,35)12(30,31)10(26,27)8(56)54-6-4-2-1-3-5-7-55-9(57)11(28,29)13(32,33)15(36,37)17(40,41)19(44,45)21(48,49)23(25,52)53/h1-7H2,(H,54,56)(H,55,57). The fourth-order valence-electron chi connectivity index (χ4n) is 3.62. The lowest BCUT2D eigenvalue weighted by Crippen LogP contribution is -2.73. The Kier molecular flexibility index (Phi) is 15.2. The second-order valence-electron chi connectivity index (χ2n) is 11.2. The Balaban J connectivity index is 5.43. The largest absolute Gasteiger partial charge is 0.393 e. The molecule has 0 aliphatic carbocycles. The molecule has 0 aromatic rings. The van der Waals surface area contributed by atoms with Gasteiger partial charge in [0.2, 0.25) is 0 Å². The summed E-state index contributed by atoms with van der Waals surface area (Å²) in [5, 5.41) is -12.5. The SMILES string of the molecule is O=C(NCCCCCCCNC(=O)C(F)(F)C(F)(F)C(F)(F)C(F)(F)C(F)(F)C(F)(F)C(F)(F)Cl)C(F)(F)C(F)(F)C(F)(F)C(F)(F)C(F)(F)C(F)(F)C(F)(F)Cl. The van der Waals surface area contributed by atoms with Gasteiger partial charge < -0.3 is 10.6 Å². The van der Waals surface area contributed by atoms with Crippen LogP contribution in [0.15, 0.2) is 0 Å².